The number of hydrogen-bond donors (Lipinski definition) is 0. The van der Waals surface area contributed by atoms with Crippen LogP contribution < -0.4 is 4.74 Å². The number of carbonyl (C=O) groups is 1. The molecule has 1 fully saturated rings. The number of hydrogen-bond acceptors (Lipinski definition) is 6. The smallest absolute Gasteiger partial charge is 0.241 e. The van der Waals surface area contributed by atoms with E-state index >= 15 is 0 Å². The third-order valence-corrected chi connectivity index (χ3v) is 3.82. The Balaban J connectivity index is 1.51. The van der Waals surface area contributed by atoms with Crippen molar-refractivity contribution in [3.05, 3.63) is 42.1 Å². The zero-order valence-corrected chi connectivity index (χ0v) is 13.7. The van der Waals surface area contributed by atoms with Crippen LogP contribution in [0, 0.1) is 6.92 Å². The molecule has 0 bridgehead atoms. The van der Waals surface area contributed by atoms with E-state index in [1.54, 1.807) is 11.8 Å². The molecule has 1 amide bonds. The second-order valence-electron chi connectivity index (χ2n) is 5.60. The summed E-state index contributed by atoms with van der Waals surface area (Å²) in [7, 11) is 0. The Kier molecular flexibility index (Phi) is 5.43. The zero-order chi connectivity index (χ0) is 16.8. The van der Waals surface area contributed by atoms with Crippen LogP contribution in [-0.4, -0.2) is 47.4 Å². The number of benzene rings is 1. The minimum absolute atomic E-state index is 0.0517. The molecule has 0 radical (unpaired) electrons. The number of rotatable bonds is 6. The molecule has 0 saturated carbocycles. The molecule has 0 N–H and O–H groups in total. The van der Waals surface area contributed by atoms with Crippen LogP contribution in [0.3, 0.4) is 0 Å². The fraction of sp³-hybridized carbons (Fsp3) is 0.471. The van der Waals surface area contributed by atoms with Gasteiger partial charge in [-0.3, -0.25) is 4.79 Å². The van der Waals surface area contributed by atoms with Gasteiger partial charge < -0.3 is 18.8 Å². The number of nitrogens with zero attached hydrogens (tertiary/aromatic N) is 3. The lowest BCUT2D eigenvalue weighted by Crippen LogP contribution is -2.43. The first-order valence-corrected chi connectivity index (χ1v) is 8.09. The van der Waals surface area contributed by atoms with Crippen molar-refractivity contribution in [2.75, 3.05) is 26.4 Å². The maximum atomic E-state index is 12.5. The Labute approximate surface area is 140 Å². The van der Waals surface area contributed by atoms with Crippen molar-refractivity contribution in [3.8, 4) is 5.75 Å². The zero-order valence-electron chi connectivity index (χ0n) is 13.7. The summed E-state index contributed by atoms with van der Waals surface area (Å²) in [6.45, 7) is 3.67. The molecule has 1 aliphatic heterocycles. The summed E-state index contributed by atoms with van der Waals surface area (Å²) in [6.07, 6.45) is 1.07. The van der Waals surface area contributed by atoms with E-state index in [9.17, 15) is 4.79 Å². The summed E-state index contributed by atoms with van der Waals surface area (Å²) in [6, 6.07) is 9.28. The molecule has 1 unspecified atom stereocenters. The van der Waals surface area contributed by atoms with Gasteiger partial charge >= 0.3 is 0 Å². The van der Waals surface area contributed by atoms with Crippen molar-refractivity contribution in [1.29, 1.82) is 0 Å². The lowest BCUT2D eigenvalue weighted by atomic mass is 10.2. The minimum atomic E-state index is -0.303. The van der Waals surface area contributed by atoms with E-state index in [-0.39, 0.29) is 11.9 Å². The van der Waals surface area contributed by atoms with Crippen molar-refractivity contribution >= 4 is 5.91 Å². The van der Waals surface area contributed by atoms with Crippen LogP contribution in [0.25, 0.3) is 0 Å². The van der Waals surface area contributed by atoms with Crippen LogP contribution in [0.1, 0.15) is 30.7 Å². The van der Waals surface area contributed by atoms with Gasteiger partial charge in [-0.25, -0.2) is 0 Å². The van der Waals surface area contributed by atoms with Crippen LogP contribution in [0.15, 0.2) is 34.7 Å². The second-order valence-corrected chi connectivity index (χ2v) is 5.60. The second kappa shape index (κ2) is 7.92. The fourth-order valence-corrected chi connectivity index (χ4v) is 2.63. The molecule has 0 spiro atoms. The van der Waals surface area contributed by atoms with Gasteiger partial charge in [0.15, 0.2) is 0 Å². The standard InChI is InChI=1S/C17H21N3O4/c1-13-18-19-17(24-13)15-12-22-11-9-20(15)16(21)8-5-10-23-14-6-3-2-4-7-14/h2-4,6-7,15H,5,8-12H2,1H3. The number of aryl methyl sites for hydroxylation is 1. The van der Waals surface area contributed by atoms with Gasteiger partial charge in [-0.2, -0.15) is 0 Å². The predicted octanol–water partition coefficient (Wildman–Crippen LogP) is 2.14. The van der Waals surface area contributed by atoms with Gasteiger partial charge in [-0.15, -0.1) is 10.2 Å². The van der Waals surface area contributed by atoms with Crippen LogP contribution >= 0.6 is 0 Å². The van der Waals surface area contributed by atoms with E-state index in [0.717, 1.165) is 5.75 Å². The van der Waals surface area contributed by atoms with Crippen molar-refractivity contribution in [1.82, 2.24) is 15.1 Å². The van der Waals surface area contributed by atoms with Crippen molar-refractivity contribution in [2.24, 2.45) is 0 Å². The Hall–Kier alpha value is -2.41. The van der Waals surface area contributed by atoms with E-state index in [2.05, 4.69) is 10.2 Å². The molecule has 128 valence electrons. The van der Waals surface area contributed by atoms with E-state index in [0.29, 0.717) is 51.0 Å². The first kappa shape index (κ1) is 16.4. The molecule has 1 atom stereocenters. The topological polar surface area (TPSA) is 77.7 Å². The number of amides is 1. The van der Waals surface area contributed by atoms with Gasteiger partial charge in [-0.05, 0) is 18.6 Å². The van der Waals surface area contributed by atoms with Crippen LogP contribution in [0.2, 0.25) is 0 Å². The van der Waals surface area contributed by atoms with Crippen molar-refractivity contribution in [3.63, 3.8) is 0 Å². The van der Waals surface area contributed by atoms with Gasteiger partial charge in [0.1, 0.15) is 11.8 Å². The van der Waals surface area contributed by atoms with Crippen LogP contribution in [-0.2, 0) is 9.53 Å². The molecule has 1 aliphatic rings. The molecule has 1 aromatic heterocycles. The number of ether oxygens (including phenoxy) is 2. The van der Waals surface area contributed by atoms with Gasteiger partial charge in [-0.1, -0.05) is 18.2 Å². The molecule has 3 rings (SSSR count). The quantitative estimate of drug-likeness (QED) is 0.755. The SMILES string of the molecule is Cc1nnc(C2COCCN2C(=O)CCCOc2ccccc2)o1. The number of aromatic nitrogens is 2. The predicted molar refractivity (Wildman–Crippen MR) is 85.5 cm³/mol. The Morgan fingerprint density at radius 1 is 1.33 bits per heavy atom. The third-order valence-electron chi connectivity index (χ3n) is 3.82. The highest BCUT2D eigenvalue weighted by molar-refractivity contribution is 5.76. The highest BCUT2D eigenvalue weighted by atomic mass is 16.5. The summed E-state index contributed by atoms with van der Waals surface area (Å²) >= 11 is 0. The van der Waals surface area contributed by atoms with E-state index in [1.807, 2.05) is 30.3 Å². The molecule has 1 aromatic carbocycles. The summed E-state index contributed by atoms with van der Waals surface area (Å²) in [5.74, 6) is 1.78. The number of carbonyl (C=O) groups excluding carboxylic acids is 1. The van der Waals surface area contributed by atoms with Gasteiger partial charge in [0, 0.05) is 19.9 Å². The maximum Gasteiger partial charge on any atom is 0.241 e. The largest absolute Gasteiger partial charge is 0.494 e. The minimum Gasteiger partial charge on any atom is -0.494 e. The molecule has 2 heterocycles. The molecule has 2 aromatic rings. The van der Waals surface area contributed by atoms with Crippen LogP contribution in [0.4, 0.5) is 0 Å². The van der Waals surface area contributed by atoms with Gasteiger partial charge in [0.25, 0.3) is 0 Å². The molecular weight excluding hydrogens is 310 g/mol. The first-order valence-electron chi connectivity index (χ1n) is 8.09. The highest BCUT2D eigenvalue weighted by Crippen LogP contribution is 2.24. The lowest BCUT2D eigenvalue weighted by molar-refractivity contribution is -0.141. The fourth-order valence-electron chi connectivity index (χ4n) is 2.63. The number of morpholine rings is 1. The molecule has 7 nitrogen and oxygen atoms in total. The summed E-state index contributed by atoms with van der Waals surface area (Å²) < 4.78 is 16.6. The van der Waals surface area contributed by atoms with E-state index < -0.39 is 0 Å². The molecule has 0 aliphatic carbocycles. The summed E-state index contributed by atoms with van der Waals surface area (Å²) in [4.78, 5) is 14.3. The molecule has 7 heteroatoms. The molecular formula is C17H21N3O4. The van der Waals surface area contributed by atoms with Crippen molar-refractivity contribution < 1.29 is 18.7 Å². The average Bonchev–Trinajstić information content (AvgIpc) is 3.06. The Morgan fingerprint density at radius 3 is 2.92 bits per heavy atom. The third kappa shape index (κ3) is 4.11. The van der Waals surface area contributed by atoms with E-state index in [1.165, 1.54) is 0 Å². The first-order chi connectivity index (χ1) is 11.7. The molecule has 1 saturated heterocycles. The monoisotopic (exact) mass is 331 g/mol. The Bertz CT molecular complexity index is 659. The van der Waals surface area contributed by atoms with Gasteiger partial charge in [0.2, 0.25) is 17.7 Å². The average molecular weight is 331 g/mol. The molecule has 24 heavy (non-hydrogen) atoms. The van der Waals surface area contributed by atoms with Crippen LogP contribution in [0.5, 0.6) is 5.75 Å². The summed E-state index contributed by atoms with van der Waals surface area (Å²) in [5.41, 5.74) is 0. The summed E-state index contributed by atoms with van der Waals surface area (Å²) in [5, 5.41) is 7.86. The van der Waals surface area contributed by atoms with Crippen molar-refractivity contribution in [2.45, 2.75) is 25.8 Å². The highest BCUT2D eigenvalue weighted by Gasteiger charge is 2.32. The normalized spacial score (nSPS) is 17.7. The van der Waals surface area contributed by atoms with Gasteiger partial charge in [0.05, 0.1) is 19.8 Å². The van der Waals surface area contributed by atoms with E-state index in [4.69, 9.17) is 13.9 Å². The Morgan fingerprint density at radius 2 is 2.17 bits per heavy atom. The number of para-hydroxylation sites is 1. The maximum absolute atomic E-state index is 12.5. The lowest BCUT2D eigenvalue weighted by Gasteiger charge is -2.33.